The van der Waals surface area contributed by atoms with Crippen LogP contribution in [0.5, 0.6) is 0 Å². The fourth-order valence-corrected chi connectivity index (χ4v) is 3.01. The fourth-order valence-electron chi connectivity index (χ4n) is 3.01. The summed E-state index contributed by atoms with van der Waals surface area (Å²) in [6, 6.07) is 0.172. The molecule has 0 aromatic carbocycles. The molecule has 1 saturated carbocycles. The number of nitrogens with zero attached hydrogens (tertiary/aromatic N) is 2. The third kappa shape index (κ3) is 2.80. The van der Waals surface area contributed by atoms with Gasteiger partial charge < -0.3 is 5.32 Å². The topological polar surface area (TPSA) is 46.9 Å². The highest BCUT2D eigenvalue weighted by atomic mass is 19.1. The number of nitrogens with one attached hydrogen (secondary N) is 1. The summed E-state index contributed by atoms with van der Waals surface area (Å²) < 4.78 is 15.0. The number of hydrogen-bond donors (Lipinski definition) is 1. The summed E-state index contributed by atoms with van der Waals surface area (Å²) >= 11 is 0. The normalized spacial score (nSPS) is 23.4. The zero-order valence-electron chi connectivity index (χ0n) is 11.9. The van der Waals surface area contributed by atoms with Crippen LogP contribution in [0.4, 0.5) is 4.39 Å². The van der Waals surface area contributed by atoms with Gasteiger partial charge in [0.05, 0.1) is 5.69 Å². The Balaban J connectivity index is 2.12. The van der Waals surface area contributed by atoms with Crippen LogP contribution in [0.15, 0.2) is 0 Å². The molecule has 4 nitrogen and oxygen atoms in total. The second kappa shape index (κ2) is 5.72. The van der Waals surface area contributed by atoms with Gasteiger partial charge in [-0.1, -0.05) is 26.2 Å². The molecule has 19 heavy (non-hydrogen) atoms. The van der Waals surface area contributed by atoms with Crippen LogP contribution in [-0.2, 0) is 7.05 Å². The first-order valence-corrected chi connectivity index (χ1v) is 7.04. The smallest absolute Gasteiger partial charge is 0.258 e. The second-order valence-electron chi connectivity index (χ2n) is 5.41. The van der Waals surface area contributed by atoms with Gasteiger partial charge in [-0.15, -0.1) is 0 Å². The molecule has 2 atom stereocenters. The fraction of sp³-hybridized carbons (Fsp3) is 0.714. The van der Waals surface area contributed by atoms with E-state index in [1.807, 2.05) is 0 Å². The monoisotopic (exact) mass is 267 g/mol. The molecular formula is C14H22FN3O. The minimum atomic E-state index is -0.557. The Morgan fingerprint density at radius 3 is 2.74 bits per heavy atom. The van der Waals surface area contributed by atoms with Crippen LogP contribution in [0.3, 0.4) is 0 Å². The van der Waals surface area contributed by atoms with Gasteiger partial charge in [-0.3, -0.25) is 4.79 Å². The minimum Gasteiger partial charge on any atom is -0.349 e. The quantitative estimate of drug-likeness (QED) is 0.915. The summed E-state index contributed by atoms with van der Waals surface area (Å²) in [5.74, 6) is -0.370. The van der Waals surface area contributed by atoms with E-state index in [9.17, 15) is 9.18 Å². The molecule has 1 aliphatic carbocycles. The van der Waals surface area contributed by atoms with Gasteiger partial charge in [-0.2, -0.15) is 9.49 Å². The van der Waals surface area contributed by atoms with Gasteiger partial charge in [0.15, 0.2) is 0 Å². The van der Waals surface area contributed by atoms with Crippen LogP contribution in [0.25, 0.3) is 0 Å². The van der Waals surface area contributed by atoms with Gasteiger partial charge in [-0.25, -0.2) is 4.68 Å². The van der Waals surface area contributed by atoms with Crippen LogP contribution in [0.1, 0.15) is 55.1 Å². The summed E-state index contributed by atoms with van der Waals surface area (Å²) in [6.07, 6.45) is 5.56. The second-order valence-corrected chi connectivity index (χ2v) is 5.41. The molecule has 5 heteroatoms. The third-order valence-corrected chi connectivity index (χ3v) is 4.13. The van der Waals surface area contributed by atoms with Crippen molar-refractivity contribution in [2.24, 2.45) is 13.0 Å². The highest BCUT2D eigenvalue weighted by molar-refractivity contribution is 5.95. The number of carbonyl (C=O) groups is 1. The Hall–Kier alpha value is -1.39. The number of rotatable bonds is 3. The van der Waals surface area contributed by atoms with Gasteiger partial charge in [0, 0.05) is 13.1 Å². The zero-order chi connectivity index (χ0) is 14.0. The number of aryl methyl sites for hydroxylation is 2. The van der Waals surface area contributed by atoms with Crippen molar-refractivity contribution >= 4 is 5.91 Å². The van der Waals surface area contributed by atoms with Crippen molar-refractivity contribution in [3.63, 3.8) is 0 Å². The Bertz CT molecular complexity index is 470. The molecule has 0 aliphatic heterocycles. The molecule has 1 heterocycles. The van der Waals surface area contributed by atoms with E-state index in [4.69, 9.17) is 0 Å². The van der Waals surface area contributed by atoms with E-state index < -0.39 is 5.95 Å². The Kier molecular flexibility index (Phi) is 4.22. The molecule has 2 rings (SSSR count). The minimum absolute atomic E-state index is 0.0860. The lowest BCUT2D eigenvalue weighted by Gasteiger charge is -2.31. The summed E-state index contributed by atoms with van der Waals surface area (Å²) in [5, 5.41) is 6.94. The van der Waals surface area contributed by atoms with Gasteiger partial charge in [0.2, 0.25) is 5.95 Å². The summed E-state index contributed by atoms with van der Waals surface area (Å²) in [5.41, 5.74) is 0.532. The number of hydrogen-bond acceptors (Lipinski definition) is 2. The Morgan fingerprint density at radius 1 is 1.47 bits per heavy atom. The Morgan fingerprint density at radius 2 is 2.16 bits per heavy atom. The molecule has 0 radical (unpaired) electrons. The SMILES string of the molecule is CCC1CCCCC1NC(=O)c1c(C)nn(C)c1F. The average molecular weight is 267 g/mol. The van der Waals surface area contributed by atoms with E-state index >= 15 is 0 Å². The number of aromatic nitrogens is 2. The third-order valence-electron chi connectivity index (χ3n) is 4.13. The van der Waals surface area contributed by atoms with Crippen LogP contribution in [0, 0.1) is 18.8 Å². The van der Waals surface area contributed by atoms with E-state index in [0.717, 1.165) is 30.4 Å². The zero-order valence-corrected chi connectivity index (χ0v) is 11.9. The van der Waals surface area contributed by atoms with Crippen LogP contribution in [-0.4, -0.2) is 21.7 Å². The molecule has 0 saturated heterocycles. The van der Waals surface area contributed by atoms with Crippen molar-refractivity contribution in [1.82, 2.24) is 15.1 Å². The molecule has 1 fully saturated rings. The molecule has 2 unspecified atom stereocenters. The van der Waals surface area contributed by atoms with E-state index in [1.165, 1.54) is 13.5 Å². The van der Waals surface area contributed by atoms with Gasteiger partial charge in [0.1, 0.15) is 5.56 Å². The van der Waals surface area contributed by atoms with E-state index in [2.05, 4.69) is 17.3 Å². The van der Waals surface area contributed by atoms with Gasteiger partial charge >= 0.3 is 0 Å². The van der Waals surface area contributed by atoms with Crippen molar-refractivity contribution in [3.8, 4) is 0 Å². The lowest BCUT2D eigenvalue weighted by atomic mass is 9.83. The maximum absolute atomic E-state index is 13.8. The van der Waals surface area contributed by atoms with Crippen molar-refractivity contribution < 1.29 is 9.18 Å². The molecule has 0 spiro atoms. The van der Waals surface area contributed by atoms with Crippen molar-refractivity contribution in [3.05, 3.63) is 17.2 Å². The van der Waals surface area contributed by atoms with Gasteiger partial charge in [-0.05, 0) is 25.7 Å². The standard InChI is InChI=1S/C14H22FN3O/c1-4-10-7-5-6-8-11(10)16-14(19)12-9(2)17-18(3)13(12)15/h10-11H,4-8H2,1-3H3,(H,16,19). The largest absolute Gasteiger partial charge is 0.349 e. The highest BCUT2D eigenvalue weighted by Crippen LogP contribution is 2.27. The summed E-state index contributed by atoms with van der Waals surface area (Å²) in [6.45, 7) is 3.81. The first-order valence-electron chi connectivity index (χ1n) is 7.04. The Labute approximate surface area is 113 Å². The van der Waals surface area contributed by atoms with Gasteiger partial charge in [0.25, 0.3) is 5.91 Å². The molecule has 1 amide bonds. The number of carbonyl (C=O) groups excluding carboxylic acids is 1. The number of amides is 1. The summed E-state index contributed by atoms with van der Waals surface area (Å²) in [4.78, 5) is 12.2. The highest BCUT2D eigenvalue weighted by Gasteiger charge is 2.28. The summed E-state index contributed by atoms with van der Waals surface area (Å²) in [7, 11) is 1.51. The van der Waals surface area contributed by atoms with E-state index in [0.29, 0.717) is 11.6 Å². The molecular weight excluding hydrogens is 245 g/mol. The molecule has 1 N–H and O–H groups in total. The van der Waals surface area contributed by atoms with Crippen LogP contribution >= 0.6 is 0 Å². The maximum atomic E-state index is 13.8. The lowest BCUT2D eigenvalue weighted by Crippen LogP contribution is -2.42. The van der Waals surface area contributed by atoms with Crippen molar-refractivity contribution in [2.75, 3.05) is 0 Å². The molecule has 1 aliphatic rings. The first kappa shape index (κ1) is 14.0. The average Bonchev–Trinajstić information content (AvgIpc) is 2.64. The van der Waals surface area contributed by atoms with E-state index in [1.54, 1.807) is 6.92 Å². The van der Waals surface area contributed by atoms with Crippen LogP contribution < -0.4 is 5.32 Å². The maximum Gasteiger partial charge on any atom is 0.258 e. The lowest BCUT2D eigenvalue weighted by molar-refractivity contribution is 0.0899. The predicted molar refractivity (Wildman–Crippen MR) is 71.4 cm³/mol. The van der Waals surface area contributed by atoms with Crippen molar-refractivity contribution in [1.29, 1.82) is 0 Å². The molecule has 1 aromatic rings. The molecule has 1 aromatic heterocycles. The number of halogens is 1. The van der Waals surface area contributed by atoms with Crippen LogP contribution in [0.2, 0.25) is 0 Å². The first-order chi connectivity index (χ1) is 9.04. The predicted octanol–water partition coefficient (Wildman–Crippen LogP) is 2.57. The van der Waals surface area contributed by atoms with E-state index in [-0.39, 0.29) is 17.5 Å². The molecule has 0 bridgehead atoms. The van der Waals surface area contributed by atoms with Crippen molar-refractivity contribution in [2.45, 2.75) is 52.0 Å². The molecule has 106 valence electrons.